The summed E-state index contributed by atoms with van der Waals surface area (Å²) in [5.74, 6) is 0. The van der Waals surface area contributed by atoms with Crippen LogP contribution in [0.2, 0.25) is 0 Å². The minimum absolute atomic E-state index is 0.942. The molecule has 0 fully saturated rings. The number of aliphatic hydroxyl groups excluding tert-OH is 1. The molecular weight excluding hydrogens is 144 g/mol. The third-order valence-electron chi connectivity index (χ3n) is 0.681. The predicted octanol–water partition coefficient (Wildman–Crippen LogP) is -0.676. The first-order chi connectivity index (χ1) is 3.85. The molecule has 2 N–H and O–H groups in total. The van der Waals surface area contributed by atoms with Crippen molar-refractivity contribution in [2.24, 2.45) is 0 Å². The van der Waals surface area contributed by atoms with Crippen molar-refractivity contribution in [1.29, 1.82) is 0 Å². The highest BCUT2D eigenvalue weighted by Gasteiger charge is 2.20. The van der Waals surface area contributed by atoms with Crippen molar-refractivity contribution in [3.8, 4) is 0 Å². The van der Waals surface area contributed by atoms with Gasteiger partial charge in [-0.2, -0.15) is 8.42 Å². The molecule has 5 heteroatoms. The second kappa shape index (κ2) is 2.47. The van der Waals surface area contributed by atoms with Gasteiger partial charge in [-0.3, -0.25) is 0 Å². The van der Waals surface area contributed by atoms with Gasteiger partial charge in [0.25, 0.3) is 0 Å². The van der Waals surface area contributed by atoms with Gasteiger partial charge in [0.05, 0.1) is 0 Å². The Balaban J connectivity index is 4.85. The zero-order chi connectivity index (χ0) is 7.65. The van der Waals surface area contributed by atoms with E-state index in [1.165, 1.54) is 13.8 Å². The molecule has 0 aliphatic heterocycles. The van der Waals surface area contributed by atoms with Crippen LogP contribution >= 0.6 is 0 Å². The quantitative estimate of drug-likeness (QED) is 0.488. The summed E-state index contributed by atoms with van der Waals surface area (Å²) in [6, 6.07) is 0. The second-order valence-electron chi connectivity index (χ2n) is 2.10. The van der Waals surface area contributed by atoms with Gasteiger partial charge in [0.15, 0.2) is 0 Å². The van der Waals surface area contributed by atoms with E-state index in [1.54, 1.807) is 0 Å². The number of hydrogen-bond acceptors (Lipinski definition) is 3. The third kappa shape index (κ3) is 2.59. The first-order valence-electron chi connectivity index (χ1n) is 2.23. The van der Waals surface area contributed by atoms with Crippen molar-refractivity contribution in [2.75, 3.05) is 0 Å². The summed E-state index contributed by atoms with van der Waals surface area (Å²) in [5.41, 5.74) is -1.66. The maximum atomic E-state index is 9.90. The van der Waals surface area contributed by atoms with Gasteiger partial charge in [-0.1, -0.05) is 0 Å². The number of hydrogen-bond donors (Lipinski definition) is 2. The average Bonchev–Trinajstić information content (AvgIpc) is 1.62. The Hall–Kier alpha value is -0.390. The van der Waals surface area contributed by atoms with Crippen LogP contribution in [0.4, 0.5) is 0 Å². The van der Waals surface area contributed by atoms with Crippen molar-refractivity contribution in [3.63, 3.8) is 0 Å². The highest BCUT2D eigenvalue weighted by molar-refractivity contribution is 7.72. The van der Waals surface area contributed by atoms with E-state index >= 15 is 0 Å². The molecule has 0 bridgehead atoms. The molecule has 0 aromatic rings. The largest absolute Gasteiger partial charge is 0.383 e. The molecule has 54 valence electrons. The molecule has 0 unspecified atom stereocenters. The first kappa shape index (κ1) is 8.61. The number of aliphatic hydroxyl groups is 2. The Morgan fingerprint density at radius 1 is 1.44 bits per heavy atom. The van der Waals surface area contributed by atoms with E-state index in [0.717, 1.165) is 0 Å². The minimum Gasteiger partial charge on any atom is -0.383 e. The van der Waals surface area contributed by atoms with E-state index in [2.05, 4.69) is 0 Å². The van der Waals surface area contributed by atoms with Crippen molar-refractivity contribution < 1.29 is 18.6 Å². The van der Waals surface area contributed by atoms with Gasteiger partial charge in [0.2, 0.25) is 15.3 Å². The maximum absolute atomic E-state index is 9.90. The molecule has 0 spiro atoms. The highest BCUT2D eigenvalue weighted by atomic mass is 32.2. The molecule has 0 heterocycles. The molecule has 0 aromatic carbocycles. The van der Waals surface area contributed by atoms with Gasteiger partial charge in [0.1, 0.15) is 5.60 Å². The third-order valence-corrected chi connectivity index (χ3v) is 1.50. The average molecular weight is 152 g/mol. The summed E-state index contributed by atoms with van der Waals surface area (Å²) in [4.78, 5) is 0. The van der Waals surface area contributed by atoms with E-state index in [0.29, 0.717) is 0 Å². The first-order valence-corrected chi connectivity index (χ1v) is 3.31. The van der Waals surface area contributed by atoms with E-state index in [4.69, 9.17) is 10.2 Å². The molecule has 0 aliphatic rings. The molecule has 0 radical (unpaired) electrons. The topological polar surface area (TPSA) is 74.6 Å². The van der Waals surface area contributed by atoms with Gasteiger partial charge < -0.3 is 10.2 Å². The summed E-state index contributed by atoms with van der Waals surface area (Å²) < 4.78 is 19.8. The lowest BCUT2D eigenvalue weighted by Gasteiger charge is -2.10. The van der Waals surface area contributed by atoms with E-state index in [-0.39, 0.29) is 0 Å². The van der Waals surface area contributed by atoms with Crippen LogP contribution in [0, 0.1) is 0 Å². The van der Waals surface area contributed by atoms with Crippen molar-refractivity contribution >= 4 is 15.3 Å². The fraction of sp³-hybridized carbons (Fsp3) is 0.750. The van der Waals surface area contributed by atoms with Crippen LogP contribution in [0.1, 0.15) is 13.8 Å². The summed E-state index contributed by atoms with van der Waals surface area (Å²) in [6.45, 7) is 2.36. The standard InChI is InChI=1S/C4H8O4S/c1-4(2,6)3(5)9(7)8/h5-6H,1-2H3. The second-order valence-corrected chi connectivity index (χ2v) is 2.95. The van der Waals surface area contributed by atoms with Gasteiger partial charge in [-0.05, 0) is 13.8 Å². The Morgan fingerprint density at radius 3 is 1.78 bits per heavy atom. The molecule has 0 amide bonds. The molecule has 9 heavy (non-hydrogen) atoms. The molecule has 0 saturated heterocycles. The lowest BCUT2D eigenvalue weighted by molar-refractivity contribution is 0.136. The molecule has 0 saturated carbocycles. The van der Waals surface area contributed by atoms with Crippen LogP contribution in [0.15, 0.2) is 0 Å². The Bertz CT molecular complexity index is 209. The van der Waals surface area contributed by atoms with Crippen LogP contribution in [0.25, 0.3) is 0 Å². The normalized spacial score (nSPS) is 11.1. The highest BCUT2D eigenvalue weighted by Crippen LogP contribution is 1.99. The van der Waals surface area contributed by atoms with Gasteiger partial charge in [-0.25, -0.2) is 0 Å². The molecule has 0 atom stereocenters. The van der Waals surface area contributed by atoms with Crippen LogP contribution in [-0.4, -0.2) is 29.3 Å². The SMILES string of the molecule is CC(C)(O)C(O)=S(=O)=O. The summed E-state index contributed by atoms with van der Waals surface area (Å²) in [7, 11) is -2.71. The fourth-order valence-corrected chi connectivity index (χ4v) is 0.612. The van der Waals surface area contributed by atoms with Crippen molar-refractivity contribution in [1.82, 2.24) is 0 Å². The lowest BCUT2D eigenvalue weighted by atomic mass is 10.2. The van der Waals surface area contributed by atoms with Gasteiger partial charge in [-0.15, -0.1) is 0 Å². The van der Waals surface area contributed by atoms with Crippen LogP contribution in [0.5, 0.6) is 0 Å². The van der Waals surface area contributed by atoms with E-state index in [9.17, 15) is 8.42 Å². The molecule has 0 rings (SSSR count). The molecule has 4 nitrogen and oxygen atoms in total. The van der Waals surface area contributed by atoms with E-state index in [1.807, 2.05) is 0 Å². The Morgan fingerprint density at radius 2 is 1.78 bits per heavy atom. The zero-order valence-corrected chi connectivity index (χ0v) is 5.94. The van der Waals surface area contributed by atoms with Gasteiger partial charge >= 0.3 is 0 Å². The summed E-state index contributed by atoms with van der Waals surface area (Å²) >= 11 is 0. The van der Waals surface area contributed by atoms with Crippen molar-refractivity contribution in [2.45, 2.75) is 19.4 Å². The summed E-state index contributed by atoms with van der Waals surface area (Å²) in [6.07, 6.45) is 0. The van der Waals surface area contributed by atoms with E-state index < -0.39 is 20.9 Å². The van der Waals surface area contributed by atoms with Crippen LogP contribution < -0.4 is 0 Å². The Kier molecular flexibility index (Phi) is 2.36. The van der Waals surface area contributed by atoms with Gasteiger partial charge in [0, 0.05) is 0 Å². The smallest absolute Gasteiger partial charge is 0.243 e. The number of rotatable bonds is 1. The van der Waals surface area contributed by atoms with Crippen molar-refractivity contribution in [3.05, 3.63) is 0 Å². The molecule has 0 aliphatic carbocycles. The Labute approximate surface area is 54.3 Å². The minimum atomic E-state index is -2.71. The molecular formula is C4H8O4S. The fourth-order valence-electron chi connectivity index (χ4n) is 0.204. The van der Waals surface area contributed by atoms with Crippen LogP contribution in [0.3, 0.4) is 0 Å². The van der Waals surface area contributed by atoms with Crippen LogP contribution in [-0.2, 0) is 10.3 Å². The monoisotopic (exact) mass is 152 g/mol. The summed E-state index contributed by atoms with van der Waals surface area (Å²) in [5, 5.41) is 16.4. The lowest BCUT2D eigenvalue weighted by Crippen LogP contribution is -2.31. The maximum Gasteiger partial charge on any atom is 0.243 e. The molecule has 0 aromatic heterocycles. The zero-order valence-electron chi connectivity index (χ0n) is 5.12. The predicted molar refractivity (Wildman–Crippen MR) is 32.9 cm³/mol.